The molecule has 1 atom stereocenters. The molecule has 0 bridgehead atoms. The molecule has 138 valence electrons. The highest BCUT2D eigenvalue weighted by molar-refractivity contribution is 7.80. The zero-order valence-electron chi connectivity index (χ0n) is 14.1. The zero-order chi connectivity index (χ0) is 19.4. The van der Waals surface area contributed by atoms with Crippen LogP contribution in [0.1, 0.15) is 11.1 Å². The van der Waals surface area contributed by atoms with Crippen molar-refractivity contribution in [2.24, 2.45) is 10.9 Å². The lowest BCUT2D eigenvalue weighted by Crippen LogP contribution is -2.57. The maximum atomic E-state index is 13.0. The lowest BCUT2D eigenvalue weighted by Gasteiger charge is -2.31. The number of benzene rings is 2. The minimum atomic E-state index is -1.11. The van der Waals surface area contributed by atoms with Crippen molar-refractivity contribution in [3.63, 3.8) is 0 Å². The molecule has 2 aromatic carbocycles. The van der Waals surface area contributed by atoms with E-state index in [1.54, 1.807) is 24.3 Å². The average Bonchev–Trinajstić information content (AvgIpc) is 2.64. The summed E-state index contributed by atoms with van der Waals surface area (Å²) in [6, 6.07) is 11.4. The lowest BCUT2D eigenvalue weighted by molar-refractivity contribution is -0.138. The average molecular weight is 387 g/mol. The predicted octanol–water partition coefficient (Wildman–Crippen LogP) is 2.60. The minimum absolute atomic E-state index is 0.00231. The van der Waals surface area contributed by atoms with Crippen LogP contribution in [0.15, 0.2) is 53.5 Å². The first-order valence-electron chi connectivity index (χ1n) is 8.09. The van der Waals surface area contributed by atoms with Gasteiger partial charge in [-0.3, -0.25) is 19.5 Å². The van der Waals surface area contributed by atoms with Crippen LogP contribution >= 0.6 is 12.2 Å². The van der Waals surface area contributed by atoms with E-state index in [2.05, 4.69) is 10.3 Å². The van der Waals surface area contributed by atoms with Gasteiger partial charge in [0.1, 0.15) is 11.6 Å². The molecule has 1 aliphatic heterocycles. The van der Waals surface area contributed by atoms with Gasteiger partial charge >= 0.3 is 0 Å². The molecule has 0 saturated carbocycles. The molecule has 0 radical (unpaired) electrons. The van der Waals surface area contributed by atoms with Crippen LogP contribution in [-0.4, -0.2) is 28.0 Å². The SMILES string of the molecule is O=C1NC(=S)N(Cc2ccc(F)cc2)C(=O)C1C=NCc1ccc(F)cc1. The first-order chi connectivity index (χ1) is 12.9. The lowest BCUT2D eigenvalue weighted by atomic mass is 10.1. The van der Waals surface area contributed by atoms with Gasteiger partial charge in [-0.2, -0.15) is 0 Å². The molecule has 8 heteroatoms. The number of halogens is 2. The Morgan fingerprint density at radius 1 is 1.00 bits per heavy atom. The summed E-state index contributed by atoms with van der Waals surface area (Å²) < 4.78 is 25.9. The Kier molecular flexibility index (Phi) is 5.66. The van der Waals surface area contributed by atoms with Crippen molar-refractivity contribution < 1.29 is 18.4 Å². The molecule has 1 aliphatic rings. The van der Waals surface area contributed by atoms with Crippen molar-refractivity contribution in [3.05, 3.63) is 71.3 Å². The van der Waals surface area contributed by atoms with Crippen molar-refractivity contribution in [1.29, 1.82) is 0 Å². The van der Waals surface area contributed by atoms with Gasteiger partial charge in [0.05, 0.1) is 13.1 Å². The van der Waals surface area contributed by atoms with Gasteiger partial charge in [0.15, 0.2) is 11.0 Å². The van der Waals surface area contributed by atoms with Crippen molar-refractivity contribution >= 4 is 35.4 Å². The topological polar surface area (TPSA) is 61.8 Å². The number of hydrogen-bond donors (Lipinski definition) is 1. The Balaban J connectivity index is 1.70. The number of thiocarbonyl (C=S) groups is 1. The molecular weight excluding hydrogens is 372 g/mol. The second-order valence-corrected chi connectivity index (χ2v) is 6.33. The number of hydrogen-bond acceptors (Lipinski definition) is 4. The summed E-state index contributed by atoms with van der Waals surface area (Å²) in [5.41, 5.74) is 1.42. The molecule has 0 aromatic heterocycles. The van der Waals surface area contributed by atoms with E-state index in [9.17, 15) is 18.4 Å². The second-order valence-electron chi connectivity index (χ2n) is 5.94. The molecule has 1 saturated heterocycles. The van der Waals surface area contributed by atoms with Crippen LogP contribution in [0.4, 0.5) is 8.78 Å². The van der Waals surface area contributed by atoms with Gasteiger partial charge in [-0.25, -0.2) is 8.78 Å². The molecule has 5 nitrogen and oxygen atoms in total. The molecule has 2 amide bonds. The third-order valence-electron chi connectivity index (χ3n) is 3.99. The number of nitrogens with one attached hydrogen (secondary N) is 1. The molecule has 2 aromatic rings. The summed E-state index contributed by atoms with van der Waals surface area (Å²) in [5, 5.41) is 2.48. The van der Waals surface area contributed by atoms with Gasteiger partial charge < -0.3 is 5.32 Å². The van der Waals surface area contributed by atoms with Gasteiger partial charge in [0, 0.05) is 6.21 Å². The fraction of sp³-hybridized carbons (Fsp3) is 0.158. The summed E-state index contributed by atoms with van der Waals surface area (Å²) in [5.74, 6) is -2.91. The summed E-state index contributed by atoms with van der Waals surface area (Å²) in [6.45, 7) is 0.320. The number of carbonyl (C=O) groups is 2. The zero-order valence-corrected chi connectivity index (χ0v) is 14.9. The van der Waals surface area contributed by atoms with E-state index in [-0.39, 0.29) is 29.8 Å². The van der Waals surface area contributed by atoms with E-state index in [1.165, 1.54) is 35.4 Å². The fourth-order valence-electron chi connectivity index (χ4n) is 2.54. The molecule has 27 heavy (non-hydrogen) atoms. The van der Waals surface area contributed by atoms with E-state index in [0.717, 1.165) is 5.56 Å². The summed E-state index contributed by atoms with van der Waals surface area (Å²) in [7, 11) is 0. The van der Waals surface area contributed by atoms with Gasteiger partial charge in [0.2, 0.25) is 11.8 Å². The van der Waals surface area contributed by atoms with Gasteiger partial charge in [-0.15, -0.1) is 0 Å². The Labute approximate surface area is 159 Å². The quantitative estimate of drug-likeness (QED) is 0.487. The molecule has 0 spiro atoms. The van der Waals surface area contributed by atoms with Crippen molar-refractivity contribution in [1.82, 2.24) is 10.2 Å². The van der Waals surface area contributed by atoms with Crippen molar-refractivity contribution in [2.75, 3.05) is 0 Å². The van der Waals surface area contributed by atoms with Crippen LogP contribution < -0.4 is 5.32 Å². The van der Waals surface area contributed by atoms with Crippen LogP contribution in [-0.2, 0) is 22.7 Å². The van der Waals surface area contributed by atoms with Crippen LogP contribution in [0, 0.1) is 17.6 Å². The number of nitrogens with zero attached hydrogens (tertiary/aromatic N) is 2. The highest BCUT2D eigenvalue weighted by Crippen LogP contribution is 2.15. The minimum Gasteiger partial charge on any atom is -0.302 e. The second kappa shape index (κ2) is 8.13. The number of carbonyl (C=O) groups excluding carboxylic acids is 2. The molecule has 1 N–H and O–H groups in total. The van der Waals surface area contributed by atoms with Gasteiger partial charge in [-0.1, -0.05) is 24.3 Å². The van der Waals surface area contributed by atoms with Crippen LogP contribution in [0.2, 0.25) is 0 Å². The molecule has 1 fully saturated rings. The van der Waals surface area contributed by atoms with E-state index in [1.807, 2.05) is 0 Å². The molecule has 3 rings (SSSR count). The number of rotatable bonds is 5. The Morgan fingerprint density at radius 3 is 2.15 bits per heavy atom. The van der Waals surface area contributed by atoms with E-state index >= 15 is 0 Å². The number of amides is 2. The first kappa shape index (κ1) is 18.8. The van der Waals surface area contributed by atoms with Crippen LogP contribution in [0.25, 0.3) is 0 Å². The normalized spacial score (nSPS) is 17.5. The third kappa shape index (κ3) is 4.59. The van der Waals surface area contributed by atoms with Crippen LogP contribution in [0.3, 0.4) is 0 Å². The largest absolute Gasteiger partial charge is 0.302 e. The maximum Gasteiger partial charge on any atom is 0.247 e. The first-order valence-corrected chi connectivity index (χ1v) is 8.50. The van der Waals surface area contributed by atoms with E-state index in [0.29, 0.717) is 5.56 Å². The maximum absolute atomic E-state index is 13.0. The standard InChI is InChI=1S/C19H15F2N3O2S/c20-14-5-1-12(2-6-14)9-22-10-16-17(25)23-19(27)24(18(16)26)11-13-3-7-15(21)8-4-13/h1-8,10,16H,9,11H2,(H,23,25,27). The van der Waals surface area contributed by atoms with Crippen molar-refractivity contribution in [2.45, 2.75) is 13.1 Å². The molecule has 1 heterocycles. The van der Waals surface area contributed by atoms with E-state index < -0.39 is 17.7 Å². The number of aliphatic imine (C=N–C) groups is 1. The summed E-state index contributed by atoms with van der Waals surface area (Å²) >= 11 is 5.08. The Hall–Kier alpha value is -3.00. The third-order valence-corrected chi connectivity index (χ3v) is 4.31. The fourth-order valence-corrected chi connectivity index (χ4v) is 2.79. The van der Waals surface area contributed by atoms with Crippen molar-refractivity contribution in [3.8, 4) is 0 Å². The smallest absolute Gasteiger partial charge is 0.247 e. The monoisotopic (exact) mass is 387 g/mol. The molecular formula is C19H15F2N3O2S. The molecule has 1 unspecified atom stereocenters. The van der Waals surface area contributed by atoms with Gasteiger partial charge in [-0.05, 0) is 47.6 Å². The molecule has 0 aliphatic carbocycles. The Morgan fingerprint density at radius 2 is 1.56 bits per heavy atom. The summed E-state index contributed by atoms with van der Waals surface area (Å²) in [4.78, 5) is 30.1. The van der Waals surface area contributed by atoms with Crippen LogP contribution in [0.5, 0.6) is 0 Å². The predicted molar refractivity (Wildman–Crippen MR) is 99.8 cm³/mol. The highest BCUT2D eigenvalue weighted by atomic mass is 32.1. The van der Waals surface area contributed by atoms with E-state index in [4.69, 9.17) is 12.2 Å². The highest BCUT2D eigenvalue weighted by Gasteiger charge is 2.37. The van der Waals surface area contributed by atoms with Gasteiger partial charge in [0.25, 0.3) is 0 Å². The summed E-state index contributed by atoms with van der Waals surface area (Å²) in [6.07, 6.45) is 1.26. The Bertz CT molecular complexity index is 898.